The Labute approximate surface area is 88.8 Å². The Morgan fingerprint density at radius 1 is 1.47 bits per heavy atom. The van der Waals surface area contributed by atoms with Crippen LogP contribution in [0.25, 0.3) is 0 Å². The molecule has 0 saturated heterocycles. The lowest BCUT2D eigenvalue weighted by molar-refractivity contribution is -0.138. The van der Waals surface area contributed by atoms with Gasteiger partial charge in [-0.15, -0.1) is 0 Å². The van der Waals surface area contributed by atoms with E-state index in [9.17, 15) is 9.59 Å². The third-order valence-corrected chi connectivity index (χ3v) is 1.44. The Kier molecular flexibility index (Phi) is 5.07. The van der Waals surface area contributed by atoms with Gasteiger partial charge in [-0.2, -0.15) is 0 Å². The van der Waals surface area contributed by atoms with Gasteiger partial charge in [0.1, 0.15) is 11.6 Å². The normalized spacial score (nSPS) is 13.1. The van der Waals surface area contributed by atoms with Gasteiger partial charge < -0.3 is 20.9 Å². The van der Waals surface area contributed by atoms with Crippen LogP contribution in [0.2, 0.25) is 0 Å². The van der Waals surface area contributed by atoms with Crippen LogP contribution in [-0.4, -0.2) is 35.4 Å². The van der Waals surface area contributed by atoms with Crippen LogP contribution < -0.4 is 11.1 Å². The van der Waals surface area contributed by atoms with Crippen molar-refractivity contribution in [2.24, 2.45) is 5.73 Å². The molecule has 4 N–H and O–H groups in total. The summed E-state index contributed by atoms with van der Waals surface area (Å²) in [6, 6.07) is -0.958. The van der Waals surface area contributed by atoms with E-state index < -0.39 is 23.7 Å². The molecule has 0 unspecified atom stereocenters. The van der Waals surface area contributed by atoms with Gasteiger partial charge in [0, 0.05) is 6.54 Å². The van der Waals surface area contributed by atoms with Crippen molar-refractivity contribution in [3.8, 4) is 0 Å². The van der Waals surface area contributed by atoms with Gasteiger partial charge in [0.15, 0.2) is 0 Å². The number of ether oxygens (including phenoxy) is 1. The Morgan fingerprint density at radius 2 is 2.00 bits per heavy atom. The maximum atomic E-state index is 11.1. The van der Waals surface area contributed by atoms with Crippen molar-refractivity contribution in [1.29, 1.82) is 0 Å². The number of rotatable bonds is 4. The van der Waals surface area contributed by atoms with Crippen LogP contribution in [0.3, 0.4) is 0 Å². The van der Waals surface area contributed by atoms with Crippen molar-refractivity contribution in [3.05, 3.63) is 0 Å². The Hall–Kier alpha value is -1.30. The van der Waals surface area contributed by atoms with Crippen LogP contribution in [-0.2, 0) is 9.53 Å². The molecule has 0 aromatic rings. The lowest BCUT2D eigenvalue weighted by Crippen LogP contribution is -2.37. The smallest absolute Gasteiger partial charge is 0.407 e. The van der Waals surface area contributed by atoms with Crippen molar-refractivity contribution in [1.82, 2.24) is 5.32 Å². The molecule has 88 valence electrons. The number of carboxylic acid groups (broad SMARTS) is 1. The lowest BCUT2D eigenvalue weighted by atomic mass is 10.2. The molecule has 0 spiro atoms. The molecule has 0 bridgehead atoms. The van der Waals surface area contributed by atoms with Crippen LogP contribution in [0.5, 0.6) is 0 Å². The fraction of sp³-hybridized carbons (Fsp3) is 0.778. The highest BCUT2D eigenvalue weighted by molar-refractivity contribution is 5.73. The first kappa shape index (κ1) is 13.7. The number of nitrogens with two attached hydrogens (primary N) is 1. The molecular weight excluding hydrogens is 200 g/mol. The molecule has 0 rings (SSSR count). The van der Waals surface area contributed by atoms with Gasteiger partial charge in [-0.1, -0.05) is 0 Å². The van der Waals surface area contributed by atoms with E-state index in [2.05, 4.69) is 5.32 Å². The van der Waals surface area contributed by atoms with Gasteiger partial charge in [0.05, 0.1) is 0 Å². The highest BCUT2D eigenvalue weighted by Crippen LogP contribution is 2.06. The summed E-state index contributed by atoms with van der Waals surface area (Å²) in [6.45, 7) is 5.42. The van der Waals surface area contributed by atoms with E-state index in [-0.39, 0.29) is 13.0 Å². The summed E-state index contributed by atoms with van der Waals surface area (Å²) in [6.07, 6.45) is -0.394. The van der Waals surface area contributed by atoms with E-state index in [1.807, 2.05) is 0 Å². The van der Waals surface area contributed by atoms with Crippen molar-refractivity contribution in [3.63, 3.8) is 0 Å². The van der Waals surface area contributed by atoms with E-state index in [1.54, 1.807) is 20.8 Å². The second-order valence-corrected chi connectivity index (χ2v) is 4.16. The highest BCUT2D eigenvalue weighted by atomic mass is 16.6. The summed E-state index contributed by atoms with van der Waals surface area (Å²) in [5, 5.41) is 10.9. The summed E-state index contributed by atoms with van der Waals surface area (Å²) in [5.74, 6) is -1.08. The minimum Gasteiger partial charge on any atom is -0.480 e. The molecular formula is C9H18N2O4. The second-order valence-electron chi connectivity index (χ2n) is 4.16. The van der Waals surface area contributed by atoms with Gasteiger partial charge in [-0.05, 0) is 27.2 Å². The number of carboxylic acids is 1. The third kappa shape index (κ3) is 7.75. The highest BCUT2D eigenvalue weighted by Gasteiger charge is 2.16. The van der Waals surface area contributed by atoms with Gasteiger partial charge >= 0.3 is 12.1 Å². The Bertz CT molecular complexity index is 235. The quantitative estimate of drug-likeness (QED) is 0.630. The molecule has 6 nitrogen and oxygen atoms in total. The molecule has 0 aliphatic rings. The molecule has 15 heavy (non-hydrogen) atoms. The molecule has 0 fully saturated rings. The largest absolute Gasteiger partial charge is 0.480 e. The molecule has 0 saturated carbocycles. The summed E-state index contributed by atoms with van der Waals surface area (Å²) < 4.78 is 4.94. The van der Waals surface area contributed by atoms with E-state index >= 15 is 0 Å². The summed E-state index contributed by atoms with van der Waals surface area (Å²) in [4.78, 5) is 21.4. The van der Waals surface area contributed by atoms with Crippen LogP contribution in [0.1, 0.15) is 27.2 Å². The molecule has 0 radical (unpaired) electrons. The first-order valence-electron chi connectivity index (χ1n) is 4.67. The number of aliphatic carboxylic acids is 1. The molecule has 0 aromatic heterocycles. The maximum Gasteiger partial charge on any atom is 0.407 e. The van der Waals surface area contributed by atoms with Crippen LogP contribution in [0.4, 0.5) is 4.79 Å². The number of hydrogen-bond donors (Lipinski definition) is 3. The predicted octanol–water partition coefficient (Wildman–Crippen LogP) is 0.313. The fourth-order valence-corrected chi connectivity index (χ4v) is 0.767. The zero-order valence-electron chi connectivity index (χ0n) is 9.24. The van der Waals surface area contributed by atoms with Crippen molar-refractivity contribution < 1.29 is 19.4 Å². The predicted molar refractivity (Wildman–Crippen MR) is 54.5 cm³/mol. The number of carbonyl (C=O) groups is 2. The SMILES string of the molecule is CC(C)(C)OC(=O)NCC[C@@H](N)C(=O)O. The standard InChI is InChI=1S/C9H18N2O4/c1-9(2,3)15-8(14)11-5-4-6(10)7(12)13/h6H,4-5,10H2,1-3H3,(H,11,14)(H,12,13)/t6-/m1/s1. The Morgan fingerprint density at radius 3 is 2.40 bits per heavy atom. The van der Waals surface area contributed by atoms with Gasteiger partial charge in [-0.3, -0.25) is 4.79 Å². The zero-order chi connectivity index (χ0) is 12.1. The van der Waals surface area contributed by atoms with E-state index in [4.69, 9.17) is 15.6 Å². The van der Waals surface area contributed by atoms with Gasteiger partial charge in [0.2, 0.25) is 0 Å². The van der Waals surface area contributed by atoms with Gasteiger partial charge in [0.25, 0.3) is 0 Å². The van der Waals surface area contributed by atoms with Crippen molar-refractivity contribution in [2.45, 2.75) is 38.8 Å². The lowest BCUT2D eigenvalue weighted by Gasteiger charge is -2.19. The molecule has 0 aromatic carbocycles. The minimum absolute atomic E-state index is 0.175. The Balaban J connectivity index is 3.69. The average molecular weight is 218 g/mol. The third-order valence-electron chi connectivity index (χ3n) is 1.44. The number of carbonyl (C=O) groups excluding carboxylic acids is 1. The first-order valence-corrected chi connectivity index (χ1v) is 4.67. The second kappa shape index (κ2) is 5.55. The average Bonchev–Trinajstić information content (AvgIpc) is 2.00. The van der Waals surface area contributed by atoms with E-state index in [0.29, 0.717) is 0 Å². The minimum atomic E-state index is -1.08. The van der Waals surface area contributed by atoms with E-state index in [0.717, 1.165) is 0 Å². The van der Waals surface area contributed by atoms with Crippen LogP contribution in [0.15, 0.2) is 0 Å². The number of hydrogen-bond acceptors (Lipinski definition) is 4. The van der Waals surface area contributed by atoms with Crippen molar-refractivity contribution in [2.75, 3.05) is 6.54 Å². The summed E-state index contributed by atoms with van der Waals surface area (Å²) >= 11 is 0. The number of alkyl carbamates (subject to hydrolysis) is 1. The maximum absolute atomic E-state index is 11.1. The van der Waals surface area contributed by atoms with Crippen molar-refractivity contribution >= 4 is 12.1 Å². The molecule has 0 heterocycles. The number of nitrogens with one attached hydrogen (secondary N) is 1. The van der Waals surface area contributed by atoms with Crippen LogP contribution >= 0.6 is 0 Å². The molecule has 1 atom stereocenters. The van der Waals surface area contributed by atoms with Gasteiger partial charge in [-0.25, -0.2) is 4.79 Å². The zero-order valence-corrected chi connectivity index (χ0v) is 9.24. The molecule has 1 amide bonds. The van der Waals surface area contributed by atoms with Crippen LogP contribution in [0, 0.1) is 0 Å². The van der Waals surface area contributed by atoms with E-state index in [1.165, 1.54) is 0 Å². The molecule has 6 heteroatoms. The fourth-order valence-electron chi connectivity index (χ4n) is 0.767. The first-order chi connectivity index (χ1) is 6.72. The summed E-state index contributed by atoms with van der Waals surface area (Å²) in [7, 11) is 0. The topological polar surface area (TPSA) is 102 Å². The number of amides is 1. The monoisotopic (exact) mass is 218 g/mol. The molecule has 0 aliphatic carbocycles. The summed E-state index contributed by atoms with van der Waals surface area (Å²) in [5.41, 5.74) is 4.68. The molecule has 0 aliphatic heterocycles.